The van der Waals surface area contributed by atoms with E-state index in [2.05, 4.69) is 27.1 Å². The van der Waals surface area contributed by atoms with E-state index in [0.29, 0.717) is 36.5 Å². The highest BCUT2D eigenvalue weighted by Gasteiger charge is 2.29. The second-order valence-corrected chi connectivity index (χ2v) is 12.4. The van der Waals surface area contributed by atoms with E-state index in [1.54, 1.807) is 24.4 Å². The first-order valence-electron chi connectivity index (χ1n) is 14.1. The number of pyridine rings is 1. The van der Waals surface area contributed by atoms with Gasteiger partial charge in [0.2, 0.25) is 0 Å². The number of ether oxygens (including phenoxy) is 3. The summed E-state index contributed by atoms with van der Waals surface area (Å²) < 4.78 is 50.7. The third-order valence-corrected chi connectivity index (χ3v) is 8.83. The van der Waals surface area contributed by atoms with Crippen molar-refractivity contribution in [1.82, 2.24) is 9.97 Å². The van der Waals surface area contributed by atoms with E-state index in [4.69, 9.17) is 18.4 Å². The molecule has 1 N–H and O–H groups in total. The van der Waals surface area contributed by atoms with E-state index in [1.165, 1.54) is 17.4 Å². The molecule has 2 aromatic heterocycles. The highest BCUT2D eigenvalue weighted by atomic mass is 32.2. The first-order valence-corrected chi connectivity index (χ1v) is 16.3. The van der Waals surface area contributed by atoms with Crippen molar-refractivity contribution in [3.63, 3.8) is 0 Å². The number of allylic oxidation sites excluding steroid dienone is 1. The number of hydrogen-bond acceptors (Lipinski definition) is 10. The van der Waals surface area contributed by atoms with Gasteiger partial charge in [-0.2, -0.15) is 8.42 Å². The third-order valence-electron chi connectivity index (χ3n) is 6.51. The van der Waals surface area contributed by atoms with Crippen molar-refractivity contribution in [2.24, 2.45) is 0 Å². The van der Waals surface area contributed by atoms with Gasteiger partial charge in [0.25, 0.3) is 0 Å². The molecule has 0 saturated carbocycles. The molecule has 1 aliphatic heterocycles. The number of aryl methyl sites for hydroxylation is 1. The van der Waals surface area contributed by atoms with Crippen LogP contribution in [0.4, 0.5) is 5.82 Å². The minimum absolute atomic E-state index is 0.0666. The Bertz CT molecular complexity index is 1770. The molecule has 9 nitrogen and oxygen atoms in total. The fourth-order valence-electron chi connectivity index (χ4n) is 4.30. The standard InChI is InChI=1S/C32H33N3O6S2/c1-4-18-39-43(36,37)27-16-12-22(2)31(32(27)41-30-11-7-8-19-38-30)40-24-14-15-25-26(20-24)42-29(35-25)10-6-5-9-23-13-17-28(33-3)34-21-23/h6,10,12-17,20-21,30H,4,7-8,11,18-19H2,1-3H3,(H,33,34)/b10-6+. The van der Waals surface area contributed by atoms with Crippen LogP contribution in [0.3, 0.4) is 0 Å². The molecule has 1 aliphatic rings. The van der Waals surface area contributed by atoms with Gasteiger partial charge in [-0.15, -0.1) is 11.3 Å². The minimum Gasteiger partial charge on any atom is -0.460 e. The number of anilines is 1. The lowest BCUT2D eigenvalue weighted by Crippen LogP contribution is -2.26. The molecule has 1 atom stereocenters. The zero-order valence-electron chi connectivity index (χ0n) is 24.3. The van der Waals surface area contributed by atoms with Crippen molar-refractivity contribution >= 4 is 43.6 Å². The Kier molecular flexibility index (Phi) is 9.94. The van der Waals surface area contributed by atoms with Crippen LogP contribution in [0.1, 0.15) is 48.7 Å². The summed E-state index contributed by atoms with van der Waals surface area (Å²) in [4.78, 5) is 8.84. The van der Waals surface area contributed by atoms with Gasteiger partial charge in [0.05, 0.1) is 23.4 Å². The summed E-state index contributed by atoms with van der Waals surface area (Å²) in [5, 5.41) is 3.77. The SMILES string of the molecule is CCCOS(=O)(=O)c1ccc(C)c(Oc2ccc3nc(/C=C/C#Cc4ccc(NC)nc4)sc3c2)c1OC1CCCCO1. The lowest BCUT2D eigenvalue weighted by Gasteiger charge is -2.26. The van der Waals surface area contributed by atoms with Crippen molar-refractivity contribution in [2.45, 2.75) is 50.7 Å². The molecule has 0 amide bonds. The Hall–Kier alpha value is -3.95. The van der Waals surface area contributed by atoms with Crippen molar-refractivity contribution < 1.29 is 26.8 Å². The van der Waals surface area contributed by atoms with Crippen molar-refractivity contribution in [3.05, 3.63) is 70.9 Å². The van der Waals surface area contributed by atoms with Crippen LogP contribution in [0.25, 0.3) is 16.3 Å². The average Bonchev–Trinajstić information content (AvgIpc) is 3.43. The number of nitrogens with zero attached hydrogens (tertiary/aromatic N) is 2. The molecule has 43 heavy (non-hydrogen) atoms. The van der Waals surface area contributed by atoms with Gasteiger partial charge < -0.3 is 19.5 Å². The molecule has 1 fully saturated rings. The molecule has 4 aromatic rings. The normalized spacial score (nSPS) is 15.3. The highest BCUT2D eigenvalue weighted by molar-refractivity contribution is 7.86. The molecule has 0 radical (unpaired) electrons. The topological polar surface area (TPSA) is 109 Å². The summed E-state index contributed by atoms with van der Waals surface area (Å²) >= 11 is 1.49. The van der Waals surface area contributed by atoms with Crippen LogP contribution in [0.15, 0.2) is 59.6 Å². The molecular formula is C32H33N3O6S2. The van der Waals surface area contributed by atoms with Gasteiger partial charge in [-0.05, 0) is 74.2 Å². The predicted molar refractivity (Wildman–Crippen MR) is 168 cm³/mol. The Morgan fingerprint density at radius 3 is 2.79 bits per heavy atom. The largest absolute Gasteiger partial charge is 0.460 e. The molecule has 1 saturated heterocycles. The van der Waals surface area contributed by atoms with Crippen LogP contribution in [0.2, 0.25) is 0 Å². The van der Waals surface area contributed by atoms with Gasteiger partial charge in [0.1, 0.15) is 21.5 Å². The Balaban J connectivity index is 1.40. The van der Waals surface area contributed by atoms with Gasteiger partial charge in [-0.25, -0.2) is 9.97 Å². The van der Waals surface area contributed by atoms with Crippen molar-refractivity contribution in [2.75, 3.05) is 25.6 Å². The van der Waals surface area contributed by atoms with E-state index < -0.39 is 16.4 Å². The van der Waals surface area contributed by atoms with Crippen molar-refractivity contribution in [3.8, 4) is 29.1 Å². The number of hydrogen-bond donors (Lipinski definition) is 1. The Morgan fingerprint density at radius 1 is 1.16 bits per heavy atom. The molecule has 1 unspecified atom stereocenters. The van der Waals surface area contributed by atoms with Gasteiger partial charge >= 0.3 is 10.1 Å². The Morgan fingerprint density at radius 2 is 2.05 bits per heavy atom. The maximum atomic E-state index is 13.1. The Labute approximate surface area is 256 Å². The summed E-state index contributed by atoms with van der Waals surface area (Å²) in [6.07, 6.45) is 7.81. The van der Waals surface area contributed by atoms with Crippen LogP contribution in [0, 0.1) is 18.8 Å². The summed E-state index contributed by atoms with van der Waals surface area (Å²) in [5.74, 6) is 7.77. The van der Waals surface area contributed by atoms with Gasteiger partial charge in [0.15, 0.2) is 17.8 Å². The fourth-order valence-corrected chi connectivity index (χ4v) is 6.31. The van der Waals surface area contributed by atoms with E-state index in [0.717, 1.165) is 39.4 Å². The molecule has 0 bridgehead atoms. The van der Waals surface area contributed by atoms with Gasteiger partial charge in [0, 0.05) is 31.3 Å². The second-order valence-electron chi connectivity index (χ2n) is 9.80. The number of thiazole rings is 1. The molecule has 5 rings (SSSR count). The number of nitrogens with one attached hydrogen (secondary N) is 1. The molecule has 0 spiro atoms. The molecule has 224 valence electrons. The lowest BCUT2D eigenvalue weighted by molar-refractivity contribution is -0.107. The van der Waals surface area contributed by atoms with Gasteiger partial charge in [-0.3, -0.25) is 4.18 Å². The second kappa shape index (κ2) is 14.0. The van der Waals surface area contributed by atoms with Crippen LogP contribution < -0.4 is 14.8 Å². The summed E-state index contributed by atoms with van der Waals surface area (Å²) in [6.45, 7) is 4.30. The monoisotopic (exact) mass is 619 g/mol. The first-order chi connectivity index (χ1) is 20.9. The highest BCUT2D eigenvalue weighted by Crippen LogP contribution is 2.42. The van der Waals surface area contributed by atoms with Crippen LogP contribution in [-0.2, 0) is 19.0 Å². The van der Waals surface area contributed by atoms with Crippen LogP contribution >= 0.6 is 11.3 Å². The fraction of sp³-hybridized carbons (Fsp3) is 0.312. The van der Waals surface area contributed by atoms with Crippen LogP contribution in [0.5, 0.6) is 17.2 Å². The molecule has 3 heterocycles. The maximum Gasteiger partial charge on any atom is 0.300 e. The smallest absolute Gasteiger partial charge is 0.300 e. The van der Waals surface area contributed by atoms with E-state index in [9.17, 15) is 8.42 Å². The zero-order chi connectivity index (χ0) is 30.2. The van der Waals surface area contributed by atoms with Gasteiger partial charge in [-0.1, -0.05) is 24.8 Å². The molecule has 0 aliphatic carbocycles. The summed E-state index contributed by atoms with van der Waals surface area (Å²) in [6, 6.07) is 12.5. The predicted octanol–water partition coefficient (Wildman–Crippen LogP) is 6.92. The van der Waals surface area contributed by atoms with Crippen LogP contribution in [-0.4, -0.2) is 44.9 Å². The number of aromatic nitrogens is 2. The van der Waals surface area contributed by atoms with Crippen molar-refractivity contribution in [1.29, 1.82) is 0 Å². The zero-order valence-corrected chi connectivity index (χ0v) is 25.9. The maximum absolute atomic E-state index is 13.1. The summed E-state index contributed by atoms with van der Waals surface area (Å²) in [7, 11) is -2.27. The molecular weight excluding hydrogens is 587 g/mol. The molecule has 2 aromatic carbocycles. The number of benzene rings is 2. The first kappa shape index (κ1) is 30.5. The van der Waals surface area contributed by atoms with E-state index >= 15 is 0 Å². The molecule has 11 heteroatoms. The minimum atomic E-state index is -4.09. The lowest BCUT2D eigenvalue weighted by atomic mass is 10.2. The number of rotatable bonds is 10. The number of fused-ring (bicyclic) bond motifs is 1. The summed E-state index contributed by atoms with van der Waals surface area (Å²) in [5.41, 5.74) is 2.34. The third kappa shape index (κ3) is 7.72. The quantitative estimate of drug-likeness (QED) is 0.149. The van der Waals surface area contributed by atoms with E-state index in [-0.39, 0.29) is 17.3 Å². The average molecular weight is 620 g/mol. The van der Waals surface area contributed by atoms with E-state index in [1.807, 2.05) is 51.2 Å².